The third-order valence-corrected chi connectivity index (χ3v) is 5.91. The van der Waals surface area contributed by atoms with E-state index < -0.39 is 0 Å². The Balaban J connectivity index is 1.56. The molecule has 0 aliphatic carbocycles. The fraction of sp³-hybridized carbons (Fsp3) is 0.440. The highest BCUT2D eigenvalue weighted by Crippen LogP contribution is 2.30. The topological polar surface area (TPSA) is 48.1 Å². The lowest BCUT2D eigenvalue weighted by molar-refractivity contribution is 0.431. The van der Waals surface area contributed by atoms with Crippen molar-refractivity contribution >= 4 is 21.5 Å². The SMILES string of the molecule is c1ccc2c(CC3CNCCNCCCNCCNC3)c3ccccc3cc2c1. The third-order valence-electron chi connectivity index (χ3n) is 5.91. The first-order valence-corrected chi connectivity index (χ1v) is 11.1. The molecular formula is C25H34N4. The molecule has 4 N–H and O–H groups in total. The molecule has 0 saturated carbocycles. The lowest BCUT2D eigenvalue weighted by Crippen LogP contribution is -2.39. The summed E-state index contributed by atoms with van der Waals surface area (Å²) in [4.78, 5) is 0. The van der Waals surface area contributed by atoms with Gasteiger partial charge in [0.1, 0.15) is 0 Å². The van der Waals surface area contributed by atoms with Crippen molar-refractivity contribution in [3.05, 3.63) is 60.2 Å². The minimum absolute atomic E-state index is 0.562. The van der Waals surface area contributed by atoms with Gasteiger partial charge in [-0.1, -0.05) is 48.5 Å². The number of hydrogen-bond acceptors (Lipinski definition) is 4. The Morgan fingerprint density at radius 1 is 0.621 bits per heavy atom. The molecule has 1 aliphatic heterocycles. The molecule has 0 aromatic heterocycles. The number of benzene rings is 3. The maximum absolute atomic E-state index is 3.69. The molecule has 1 fully saturated rings. The van der Waals surface area contributed by atoms with Gasteiger partial charge < -0.3 is 21.3 Å². The van der Waals surface area contributed by atoms with E-state index in [1.54, 1.807) is 0 Å². The average Bonchev–Trinajstić information content (AvgIpc) is 2.76. The Morgan fingerprint density at radius 2 is 1.14 bits per heavy atom. The maximum atomic E-state index is 3.69. The van der Waals surface area contributed by atoms with Gasteiger partial charge in [-0.2, -0.15) is 0 Å². The molecule has 0 radical (unpaired) electrons. The number of nitrogens with one attached hydrogen (secondary N) is 4. The van der Waals surface area contributed by atoms with E-state index in [0.717, 1.165) is 58.8 Å². The van der Waals surface area contributed by atoms with Gasteiger partial charge in [-0.05, 0) is 78.1 Å². The normalized spacial score (nSPS) is 18.6. The van der Waals surface area contributed by atoms with Crippen LogP contribution < -0.4 is 21.3 Å². The molecule has 3 aromatic carbocycles. The first-order valence-electron chi connectivity index (χ1n) is 11.1. The zero-order valence-electron chi connectivity index (χ0n) is 17.3. The van der Waals surface area contributed by atoms with E-state index in [4.69, 9.17) is 0 Å². The molecule has 3 aromatic rings. The van der Waals surface area contributed by atoms with Crippen molar-refractivity contribution in [3.8, 4) is 0 Å². The van der Waals surface area contributed by atoms with Gasteiger partial charge in [0.25, 0.3) is 0 Å². The van der Waals surface area contributed by atoms with E-state index in [1.165, 1.54) is 33.5 Å². The summed E-state index contributed by atoms with van der Waals surface area (Å²) in [5.41, 5.74) is 1.49. The van der Waals surface area contributed by atoms with Crippen LogP contribution in [-0.2, 0) is 6.42 Å². The van der Waals surface area contributed by atoms with E-state index in [0.29, 0.717) is 5.92 Å². The van der Waals surface area contributed by atoms with Crippen molar-refractivity contribution in [1.29, 1.82) is 0 Å². The number of hydrogen-bond donors (Lipinski definition) is 4. The molecule has 0 spiro atoms. The first kappa shape index (κ1) is 20.3. The summed E-state index contributed by atoms with van der Waals surface area (Å²) in [5, 5.41) is 19.9. The van der Waals surface area contributed by atoms with Crippen LogP contribution in [0.1, 0.15) is 12.0 Å². The summed E-state index contributed by atoms with van der Waals surface area (Å²) < 4.78 is 0. The van der Waals surface area contributed by atoms with Crippen LogP contribution in [0.4, 0.5) is 0 Å². The van der Waals surface area contributed by atoms with Crippen LogP contribution in [0, 0.1) is 5.92 Å². The van der Waals surface area contributed by atoms with Crippen molar-refractivity contribution in [1.82, 2.24) is 21.3 Å². The second-order valence-electron chi connectivity index (χ2n) is 8.13. The summed E-state index contributed by atoms with van der Waals surface area (Å²) in [5.74, 6) is 0.562. The number of fused-ring (bicyclic) bond motifs is 2. The highest BCUT2D eigenvalue weighted by atomic mass is 15.0. The minimum atomic E-state index is 0.562. The van der Waals surface area contributed by atoms with Gasteiger partial charge in [-0.3, -0.25) is 0 Å². The molecule has 0 amide bonds. The highest BCUT2D eigenvalue weighted by Gasteiger charge is 2.14. The number of rotatable bonds is 2. The van der Waals surface area contributed by atoms with Crippen LogP contribution in [0.2, 0.25) is 0 Å². The molecule has 0 atom stereocenters. The van der Waals surface area contributed by atoms with Crippen molar-refractivity contribution in [2.45, 2.75) is 12.8 Å². The van der Waals surface area contributed by atoms with Gasteiger partial charge in [0.05, 0.1) is 0 Å². The second-order valence-corrected chi connectivity index (χ2v) is 8.13. The van der Waals surface area contributed by atoms with E-state index >= 15 is 0 Å². The smallest absolute Gasteiger partial charge is 0.00768 e. The van der Waals surface area contributed by atoms with E-state index in [1.807, 2.05) is 0 Å². The van der Waals surface area contributed by atoms with E-state index in [-0.39, 0.29) is 0 Å². The largest absolute Gasteiger partial charge is 0.315 e. The molecule has 29 heavy (non-hydrogen) atoms. The molecule has 1 aliphatic rings. The van der Waals surface area contributed by atoms with Crippen molar-refractivity contribution < 1.29 is 0 Å². The summed E-state index contributed by atoms with van der Waals surface area (Å²) in [7, 11) is 0. The predicted molar refractivity (Wildman–Crippen MR) is 125 cm³/mol. The van der Waals surface area contributed by atoms with E-state index in [2.05, 4.69) is 75.9 Å². The second kappa shape index (κ2) is 10.7. The molecule has 0 bridgehead atoms. The van der Waals surface area contributed by atoms with Gasteiger partial charge in [0.15, 0.2) is 0 Å². The van der Waals surface area contributed by atoms with Crippen LogP contribution in [0.25, 0.3) is 21.5 Å². The Hall–Kier alpha value is -1.98. The fourth-order valence-electron chi connectivity index (χ4n) is 4.39. The lowest BCUT2D eigenvalue weighted by atomic mass is 9.90. The van der Waals surface area contributed by atoms with Crippen LogP contribution >= 0.6 is 0 Å². The van der Waals surface area contributed by atoms with Gasteiger partial charge in [-0.15, -0.1) is 0 Å². The summed E-state index contributed by atoms with van der Waals surface area (Å²) in [6.07, 6.45) is 2.28. The van der Waals surface area contributed by atoms with Gasteiger partial charge in [0.2, 0.25) is 0 Å². The Bertz CT molecular complexity index is 840. The lowest BCUT2D eigenvalue weighted by Gasteiger charge is -2.21. The Labute approximate surface area is 174 Å². The zero-order valence-corrected chi connectivity index (χ0v) is 17.3. The Kier molecular flexibility index (Phi) is 7.49. The molecule has 1 heterocycles. The quantitative estimate of drug-likeness (QED) is 0.508. The fourth-order valence-corrected chi connectivity index (χ4v) is 4.39. The van der Waals surface area contributed by atoms with Gasteiger partial charge in [-0.25, -0.2) is 0 Å². The van der Waals surface area contributed by atoms with Crippen molar-refractivity contribution in [2.75, 3.05) is 52.4 Å². The minimum Gasteiger partial charge on any atom is -0.315 e. The van der Waals surface area contributed by atoms with Crippen LogP contribution in [-0.4, -0.2) is 52.4 Å². The summed E-state index contributed by atoms with van der Waals surface area (Å²) in [6.45, 7) is 8.40. The molecule has 4 rings (SSSR count). The first-order chi connectivity index (χ1) is 14.4. The summed E-state index contributed by atoms with van der Waals surface area (Å²) in [6, 6.07) is 20.0. The highest BCUT2D eigenvalue weighted by molar-refractivity contribution is 6.02. The predicted octanol–water partition coefficient (Wildman–Crippen LogP) is 2.91. The molecular weight excluding hydrogens is 356 g/mol. The monoisotopic (exact) mass is 390 g/mol. The van der Waals surface area contributed by atoms with Crippen molar-refractivity contribution in [2.24, 2.45) is 5.92 Å². The van der Waals surface area contributed by atoms with Crippen LogP contribution in [0.15, 0.2) is 54.6 Å². The van der Waals surface area contributed by atoms with Gasteiger partial charge >= 0.3 is 0 Å². The summed E-state index contributed by atoms with van der Waals surface area (Å²) >= 11 is 0. The molecule has 154 valence electrons. The van der Waals surface area contributed by atoms with Crippen LogP contribution in [0.3, 0.4) is 0 Å². The molecule has 0 unspecified atom stereocenters. The third kappa shape index (κ3) is 5.55. The van der Waals surface area contributed by atoms with Crippen LogP contribution in [0.5, 0.6) is 0 Å². The molecule has 1 saturated heterocycles. The Morgan fingerprint density at radius 3 is 1.72 bits per heavy atom. The molecule has 4 heteroatoms. The zero-order chi connectivity index (χ0) is 19.7. The van der Waals surface area contributed by atoms with Gasteiger partial charge in [0, 0.05) is 26.2 Å². The standard InChI is InChI=1S/C25H34N4/c1-3-8-23-21(6-1)17-22-7-2-4-9-24(22)25(23)16-20-18-28-14-12-26-10-5-11-27-13-15-29-19-20/h1-4,6-9,17,20,26-29H,5,10-16,18-19H2. The molecule has 4 nitrogen and oxygen atoms in total. The maximum Gasteiger partial charge on any atom is 0.00768 e. The average molecular weight is 391 g/mol. The van der Waals surface area contributed by atoms with Crippen molar-refractivity contribution in [3.63, 3.8) is 0 Å². The van der Waals surface area contributed by atoms with E-state index in [9.17, 15) is 0 Å².